The molecule has 4 aliphatic rings. The molecule has 0 aromatic carbocycles. The van der Waals surface area contributed by atoms with E-state index in [0.717, 1.165) is 44.9 Å². The highest BCUT2D eigenvalue weighted by Gasteiger charge is 2.61. The molecule has 0 aliphatic heterocycles. The van der Waals surface area contributed by atoms with Gasteiger partial charge in [0.05, 0.1) is 12.2 Å². The Bertz CT molecular complexity index is 642. The summed E-state index contributed by atoms with van der Waals surface area (Å²) in [5.41, 5.74) is 1.92. The number of rotatable bonds is 6. The molecule has 0 heterocycles. The third-order valence-corrected chi connectivity index (χ3v) is 10.3. The molecule has 0 spiro atoms. The van der Waals surface area contributed by atoms with E-state index in [1.165, 1.54) is 24.8 Å². The van der Waals surface area contributed by atoms with Crippen molar-refractivity contribution in [3.05, 3.63) is 11.6 Å². The van der Waals surface area contributed by atoms with Crippen molar-refractivity contribution in [3.8, 4) is 0 Å². The van der Waals surface area contributed by atoms with Crippen molar-refractivity contribution in [3.63, 3.8) is 0 Å². The maximum Gasteiger partial charge on any atom is 0.0580 e. The molecule has 30 heavy (non-hydrogen) atoms. The first-order valence-electron chi connectivity index (χ1n) is 12.9. The van der Waals surface area contributed by atoms with Crippen LogP contribution < -0.4 is 0 Å². The average molecular weight is 419 g/mol. The Morgan fingerprint density at radius 2 is 1.83 bits per heavy atom. The molecule has 3 nitrogen and oxygen atoms in total. The number of fused-ring (bicyclic) bond motifs is 5. The van der Waals surface area contributed by atoms with Gasteiger partial charge in [-0.25, -0.2) is 0 Å². The van der Waals surface area contributed by atoms with Gasteiger partial charge in [-0.3, -0.25) is 0 Å². The molecule has 3 fully saturated rings. The highest BCUT2D eigenvalue weighted by molar-refractivity contribution is 5.25. The van der Waals surface area contributed by atoms with Crippen molar-refractivity contribution in [2.45, 2.75) is 104 Å². The molecule has 0 radical (unpaired) electrons. The van der Waals surface area contributed by atoms with E-state index in [1.54, 1.807) is 0 Å². The van der Waals surface area contributed by atoms with E-state index < -0.39 is 0 Å². The topological polar surface area (TPSA) is 60.7 Å². The Labute approximate surface area is 184 Å². The number of hydrogen-bond donors (Lipinski definition) is 3. The molecule has 0 saturated heterocycles. The smallest absolute Gasteiger partial charge is 0.0580 e. The maximum atomic E-state index is 11.3. The van der Waals surface area contributed by atoms with E-state index in [4.69, 9.17) is 0 Å². The summed E-state index contributed by atoms with van der Waals surface area (Å²) in [6, 6.07) is 0. The minimum atomic E-state index is -0.263. The van der Waals surface area contributed by atoms with Gasteiger partial charge in [0.15, 0.2) is 0 Å². The first-order chi connectivity index (χ1) is 14.2. The zero-order chi connectivity index (χ0) is 21.7. The molecule has 3 heteroatoms. The highest BCUT2D eigenvalue weighted by Crippen LogP contribution is 2.67. The molecular weight excluding hydrogens is 372 g/mol. The Hall–Kier alpha value is -0.380. The zero-order valence-electron chi connectivity index (χ0n) is 19.8. The van der Waals surface area contributed by atoms with Crippen LogP contribution in [0.4, 0.5) is 0 Å². The van der Waals surface area contributed by atoms with Crippen molar-refractivity contribution in [2.75, 3.05) is 6.61 Å². The molecule has 3 N–H and O–H groups in total. The summed E-state index contributed by atoms with van der Waals surface area (Å²) < 4.78 is 0. The van der Waals surface area contributed by atoms with Crippen molar-refractivity contribution in [1.82, 2.24) is 0 Å². The predicted molar refractivity (Wildman–Crippen MR) is 122 cm³/mol. The fourth-order valence-electron chi connectivity index (χ4n) is 8.72. The molecule has 4 aliphatic carbocycles. The lowest BCUT2D eigenvalue weighted by molar-refractivity contribution is -0.0690. The Kier molecular flexibility index (Phi) is 6.48. The summed E-state index contributed by atoms with van der Waals surface area (Å²) >= 11 is 0. The van der Waals surface area contributed by atoms with Gasteiger partial charge in [0, 0.05) is 6.61 Å². The minimum Gasteiger partial charge on any atom is -0.396 e. The molecule has 0 aromatic heterocycles. The second kappa shape index (κ2) is 8.52. The second-order valence-electron chi connectivity index (χ2n) is 12.3. The second-order valence-corrected chi connectivity index (χ2v) is 12.3. The van der Waals surface area contributed by atoms with E-state index in [2.05, 4.69) is 33.8 Å². The quantitative estimate of drug-likeness (QED) is 0.511. The van der Waals surface area contributed by atoms with Gasteiger partial charge in [0.2, 0.25) is 0 Å². The minimum absolute atomic E-state index is 0.149. The van der Waals surface area contributed by atoms with E-state index in [9.17, 15) is 15.3 Å². The van der Waals surface area contributed by atoms with Crippen LogP contribution in [0.25, 0.3) is 0 Å². The van der Waals surface area contributed by atoms with Crippen LogP contribution in [0.3, 0.4) is 0 Å². The van der Waals surface area contributed by atoms with Crippen LogP contribution in [0, 0.1) is 46.3 Å². The number of hydrogen-bond acceptors (Lipinski definition) is 3. The van der Waals surface area contributed by atoms with Gasteiger partial charge in [0.1, 0.15) is 0 Å². The summed E-state index contributed by atoms with van der Waals surface area (Å²) in [6.45, 7) is 9.68. The SMILES string of the molecule is CC(C)CCCC(CO)C1C(O)CC2C3CC=C4CC(O)CCC4(C)C3CCC21C. The molecular formula is C27H46O3. The summed E-state index contributed by atoms with van der Waals surface area (Å²) in [5, 5.41) is 31.8. The van der Waals surface area contributed by atoms with E-state index >= 15 is 0 Å². The highest BCUT2D eigenvalue weighted by atomic mass is 16.3. The van der Waals surface area contributed by atoms with Crippen LogP contribution in [0.1, 0.15) is 91.9 Å². The Morgan fingerprint density at radius 3 is 2.53 bits per heavy atom. The fraction of sp³-hybridized carbons (Fsp3) is 0.926. The van der Waals surface area contributed by atoms with Gasteiger partial charge in [-0.15, -0.1) is 0 Å². The van der Waals surface area contributed by atoms with Crippen molar-refractivity contribution in [1.29, 1.82) is 0 Å². The lowest BCUT2D eigenvalue weighted by Gasteiger charge is -2.58. The molecule has 4 rings (SSSR count). The largest absolute Gasteiger partial charge is 0.396 e. The third kappa shape index (κ3) is 3.71. The maximum absolute atomic E-state index is 11.3. The molecule has 9 atom stereocenters. The molecule has 3 saturated carbocycles. The van der Waals surface area contributed by atoms with Gasteiger partial charge in [-0.05, 0) is 97.7 Å². The normalized spacial score (nSPS) is 46.7. The Morgan fingerprint density at radius 1 is 1.07 bits per heavy atom. The monoisotopic (exact) mass is 418 g/mol. The number of allylic oxidation sites excluding steroid dienone is 1. The van der Waals surface area contributed by atoms with E-state index in [1.807, 2.05) is 0 Å². The molecule has 0 aromatic rings. The average Bonchev–Trinajstić information content (AvgIpc) is 2.96. The van der Waals surface area contributed by atoms with Gasteiger partial charge in [0.25, 0.3) is 0 Å². The van der Waals surface area contributed by atoms with Gasteiger partial charge in [-0.1, -0.05) is 52.2 Å². The fourth-order valence-corrected chi connectivity index (χ4v) is 8.72. The molecule has 0 amide bonds. The summed E-state index contributed by atoms with van der Waals surface area (Å²) in [6.07, 6.45) is 12.9. The van der Waals surface area contributed by atoms with Gasteiger partial charge < -0.3 is 15.3 Å². The van der Waals surface area contributed by atoms with E-state index in [-0.39, 0.29) is 41.5 Å². The van der Waals surface area contributed by atoms with Crippen molar-refractivity contribution in [2.24, 2.45) is 46.3 Å². The van der Waals surface area contributed by atoms with Crippen molar-refractivity contribution < 1.29 is 15.3 Å². The molecule has 9 unspecified atom stereocenters. The lowest BCUT2D eigenvalue weighted by atomic mass is 9.47. The summed E-state index contributed by atoms with van der Waals surface area (Å²) in [7, 11) is 0. The van der Waals surface area contributed by atoms with Crippen LogP contribution in [0.5, 0.6) is 0 Å². The standard InChI is InChI=1S/C27H46O3/c1-17(2)6-5-7-18(16-28)25-24(30)15-23-21-9-8-19-14-20(29)10-12-26(19,3)22(21)11-13-27(23,25)4/h8,17-18,20-25,28-30H,5-7,9-16H2,1-4H3. The summed E-state index contributed by atoms with van der Waals surface area (Å²) in [4.78, 5) is 0. The first-order valence-corrected chi connectivity index (χ1v) is 12.9. The summed E-state index contributed by atoms with van der Waals surface area (Å²) in [5.74, 6) is 3.10. The lowest BCUT2D eigenvalue weighted by Crippen LogP contribution is -2.51. The van der Waals surface area contributed by atoms with Gasteiger partial charge in [-0.2, -0.15) is 0 Å². The molecule has 0 bridgehead atoms. The zero-order valence-corrected chi connectivity index (χ0v) is 19.8. The number of aliphatic hydroxyl groups excluding tert-OH is 3. The number of aliphatic hydroxyl groups is 3. The first kappa shape index (κ1) is 22.8. The van der Waals surface area contributed by atoms with Crippen LogP contribution >= 0.6 is 0 Å². The predicted octanol–water partition coefficient (Wildman–Crippen LogP) is 5.33. The van der Waals surface area contributed by atoms with Crippen LogP contribution in [-0.2, 0) is 0 Å². The van der Waals surface area contributed by atoms with Crippen LogP contribution in [0.15, 0.2) is 11.6 Å². The van der Waals surface area contributed by atoms with Crippen molar-refractivity contribution >= 4 is 0 Å². The third-order valence-electron chi connectivity index (χ3n) is 10.3. The molecule has 172 valence electrons. The van der Waals surface area contributed by atoms with Gasteiger partial charge >= 0.3 is 0 Å². The van der Waals surface area contributed by atoms with E-state index in [0.29, 0.717) is 23.7 Å². The van der Waals surface area contributed by atoms with Crippen LogP contribution in [-0.4, -0.2) is 34.1 Å². The van der Waals surface area contributed by atoms with Crippen LogP contribution in [0.2, 0.25) is 0 Å². The Balaban J connectivity index is 1.55.